The second-order valence-corrected chi connectivity index (χ2v) is 8.65. The van der Waals surface area contributed by atoms with E-state index in [1.807, 2.05) is 80.6 Å². The Morgan fingerprint density at radius 3 is 2.55 bits per heavy atom. The molecule has 0 saturated heterocycles. The summed E-state index contributed by atoms with van der Waals surface area (Å²) in [4.78, 5) is 12.6. The minimum Gasteiger partial charge on any atom is -0.488 e. The lowest BCUT2D eigenvalue weighted by Crippen LogP contribution is -2.14. The summed E-state index contributed by atoms with van der Waals surface area (Å²) >= 11 is 8.09. The second-order valence-electron chi connectivity index (χ2n) is 7.05. The third-order valence-corrected chi connectivity index (χ3v) is 5.68. The fourth-order valence-corrected chi connectivity index (χ4v) is 3.66. The lowest BCUT2D eigenvalue weighted by molar-refractivity contribution is -0.112. The highest BCUT2D eigenvalue weighted by Crippen LogP contribution is 2.25. The zero-order chi connectivity index (χ0) is 22.4. The molecule has 6 heteroatoms. The fourth-order valence-electron chi connectivity index (χ4n) is 2.84. The molecule has 3 aromatic carbocycles. The molecule has 0 radical (unpaired) electrons. The van der Waals surface area contributed by atoms with Crippen LogP contribution >= 0.6 is 34.2 Å². The number of nitrogens with one attached hydrogen (secondary N) is 1. The summed E-state index contributed by atoms with van der Waals surface area (Å²) in [6.07, 6.45) is 1.58. The number of anilines is 1. The van der Waals surface area contributed by atoms with E-state index < -0.39 is 5.91 Å². The first kappa shape index (κ1) is 22.9. The van der Waals surface area contributed by atoms with Crippen LogP contribution in [0.4, 0.5) is 5.69 Å². The molecular weight excluding hydrogens is 523 g/mol. The Morgan fingerprint density at radius 2 is 1.87 bits per heavy atom. The number of benzene rings is 3. The van der Waals surface area contributed by atoms with Gasteiger partial charge < -0.3 is 10.1 Å². The maximum absolute atomic E-state index is 12.6. The van der Waals surface area contributed by atoms with E-state index in [-0.39, 0.29) is 5.57 Å². The first-order valence-electron chi connectivity index (χ1n) is 9.53. The highest BCUT2D eigenvalue weighted by Gasteiger charge is 2.12. The Kier molecular flexibility index (Phi) is 7.72. The van der Waals surface area contributed by atoms with Crippen LogP contribution in [0.25, 0.3) is 6.08 Å². The minimum atomic E-state index is -0.436. The van der Waals surface area contributed by atoms with E-state index in [0.717, 1.165) is 31.6 Å². The van der Waals surface area contributed by atoms with Crippen LogP contribution in [0.3, 0.4) is 0 Å². The number of nitrogens with zero attached hydrogens (tertiary/aromatic N) is 1. The van der Waals surface area contributed by atoms with E-state index in [1.165, 1.54) is 0 Å². The molecule has 1 amide bonds. The van der Waals surface area contributed by atoms with Gasteiger partial charge in [0.1, 0.15) is 24.0 Å². The van der Waals surface area contributed by atoms with E-state index >= 15 is 0 Å². The molecule has 0 aliphatic rings. The van der Waals surface area contributed by atoms with Crippen molar-refractivity contribution in [1.82, 2.24) is 0 Å². The Hall–Kier alpha value is -2.82. The van der Waals surface area contributed by atoms with E-state index in [0.29, 0.717) is 17.3 Å². The number of aryl methyl sites for hydroxylation is 2. The summed E-state index contributed by atoms with van der Waals surface area (Å²) in [5.74, 6) is 0.292. The second kappa shape index (κ2) is 10.5. The topological polar surface area (TPSA) is 62.1 Å². The van der Waals surface area contributed by atoms with Crippen LogP contribution in [0, 0.1) is 28.7 Å². The lowest BCUT2D eigenvalue weighted by Gasteiger charge is -2.10. The molecular formula is C25H20ClIN2O2. The maximum atomic E-state index is 12.6. The third-order valence-electron chi connectivity index (χ3n) is 4.58. The predicted molar refractivity (Wildman–Crippen MR) is 133 cm³/mol. The van der Waals surface area contributed by atoms with Crippen molar-refractivity contribution in [2.75, 3.05) is 5.32 Å². The number of hydrogen-bond acceptors (Lipinski definition) is 3. The molecule has 0 heterocycles. The standard InChI is InChI=1S/C25H20ClIN2O2/c1-16-3-4-17(2)23(11-16)29-25(30)20(14-28)12-19-7-10-24(22(27)13-19)31-15-18-5-8-21(26)9-6-18/h3-13H,15H2,1-2H3,(H,29,30)/b20-12+. The highest BCUT2D eigenvalue weighted by molar-refractivity contribution is 14.1. The van der Waals surface area contributed by atoms with Gasteiger partial charge in [-0.05, 0) is 95.1 Å². The number of rotatable bonds is 6. The van der Waals surface area contributed by atoms with Gasteiger partial charge in [-0.15, -0.1) is 0 Å². The largest absolute Gasteiger partial charge is 0.488 e. The summed E-state index contributed by atoms with van der Waals surface area (Å²) < 4.78 is 6.77. The SMILES string of the molecule is Cc1ccc(C)c(NC(=O)/C(C#N)=C/c2ccc(OCc3ccc(Cl)cc3)c(I)c2)c1. The van der Waals surface area contributed by atoms with E-state index in [1.54, 1.807) is 6.08 Å². The van der Waals surface area contributed by atoms with Gasteiger partial charge in [-0.1, -0.05) is 41.9 Å². The van der Waals surface area contributed by atoms with Gasteiger partial charge in [-0.25, -0.2) is 0 Å². The Balaban J connectivity index is 1.72. The molecule has 0 unspecified atom stereocenters. The van der Waals surface area contributed by atoms with Crippen molar-refractivity contribution in [3.8, 4) is 11.8 Å². The zero-order valence-corrected chi connectivity index (χ0v) is 20.0. The highest BCUT2D eigenvalue weighted by atomic mass is 127. The molecule has 0 aromatic heterocycles. The van der Waals surface area contributed by atoms with Gasteiger partial charge in [0.2, 0.25) is 0 Å². The van der Waals surface area contributed by atoms with Gasteiger partial charge in [-0.3, -0.25) is 4.79 Å². The molecule has 0 spiro atoms. The maximum Gasteiger partial charge on any atom is 0.266 e. The monoisotopic (exact) mass is 542 g/mol. The predicted octanol–water partition coefficient (Wildman–Crippen LogP) is 6.69. The number of halogens is 2. The van der Waals surface area contributed by atoms with Gasteiger partial charge in [-0.2, -0.15) is 5.26 Å². The first-order chi connectivity index (χ1) is 14.9. The summed E-state index contributed by atoms with van der Waals surface area (Å²) in [7, 11) is 0. The molecule has 4 nitrogen and oxygen atoms in total. The summed E-state index contributed by atoms with van der Waals surface area (Å²) in [5, 5.41) is 13.0. The van der Waals surface area contributed by atoms with Crippen LogP contribution in [0.1, 0.15) is 22.3 Å². The van der Waals surface area contributed by atoms with Gasteiger partial charge in [0.15, 0.2) is 0 Å². The molecule has 0 bridgehead atoms. The zero-order valence-electron chi connectivity index (χ0n) is 17.1. The first-order valence-corrected chi connectivity index (χ1v) is 11.0. The molecule has 0 aliphatic carbocycles. The number of ether oxygens (including phenoxy) is 1. The van der Waals surface area contributed by atoms with E-state index in [9.17, 15) is 10.1 Å². The quantitative estimate of drug-likeness (QED) is 0.215. The fraction of sp³-hybridized carbons (Fsp3) is 0.120. The number of carbonyl (C=O) groups excluding carboxylic acids is 1. The minimum absolute atomic E-state index is 0.0338. The molecule has 1 N–H and O–H groups in total. The van der Waals surface area contributed by atoms with Crippen LogP contribution < -0.4 is 10.1 Å². The molecule has 0 fully saturated rings. The Morgan fingerprint density at radius 1 is 1.13 bits per heavy atom. The van der Waals surface area contributed by atoms with Gasteiger partial charge >= 0.3 is 0 Å². The van der Waals surface area contributed by atoms with Crippen molar-refractivity contribution in [3.63, 3.8) is 0 Å². The van der Waals surface area contributed by atoms with Crippen LogP contribution in [0.15, 0.2) is 66.2 Å². The number of nitriles is 1. The normalized spacial score (nSPS) is 11.0. The van der Waals surface area contributed by atoms with Crippen LogP contribution in [-0.2, 0) is 11.4 Å². The summed E-state index contributed by atoms with van der Waals surface area (Å²) in [6, 6.07) is 20.8. The van der Waals surface area contributed by atoms with Crippen molar-refractivity contribution in [3.05, 3.63) is 97.1 Å². The van der Waals surface area contributed by atoms with Gasteiger partial charge in [0.25, 0.3) is 5.91 Å². The lowest BCUT2D eigenvalue weighted by atomic mass is 10.1. The average Bonchev–Trinajstić information content (AvgIpc) is 2.75. The average molecular weight is 543 g/mol. The molecule has 156 valence electrons. The third kappa shape index (κ3) is 6.33. The Bertz CT molecular complexity index is 1180. The molecule has 0 atom stereocenters. The molecule has 0 aliphatic heterocycles. The van der Waals surface area contributed by atoms with Gasteiger partial charge in [0, 0.05) is 10.7 Å². The molecule has 31 heavy (non-hydrogen) atoms. The van der Waals surface area contributed by atoms with Crippen molar-refractivity contribution in [1.29, 1.82) is 5.26 Å². The molecule has 0 saturated carbocycles. The van der Waals surface area contributed by atoms with Crippen LogP contribution in [0.2, 0.25) is 5.02 Å². The molecule has 3 aromatic rings. The van der Waals surface area contributed by atoms with Crippen LogP contribution in [0.5, 0.6) is 5.75 Å². The smallest absolute Gasteiger partial charge is 0.266 e. The number of amides is 1. The van der Waals surface area contributed by atoms with E-state index in [2.05, 4.69) is 27.9 Å². The van der Waals surface area contributed by atoms with Crippen LogP contribution in [-0.4, -0.2) is 5.91 Å². The van der Waals surface area contributed by atoms with E-state index in [4.69, 9.17) is 16.3 Å². The van der Waals surface area contributed by atoms with Crippen molar-refractivity contribution in [2.45, 2.75) is 20.5 Å². The Labute approximate surface area is 200 Å². The van der Waals surface area contributed by atoms with Crippen molar-refractivity contribution in [2.24, 2.45) is 0 Å². The number of hydrogen-bond donors (Lipinski definition) is 1. The van der Waals surface area contributed by atoms with Crippen molar-refractivity contribution < 1.29 is 9.53 Å². The summed E-state index contributed by atoms with van der Waals surface area (Å²) in [5.41, 5.74) is 4.47. The molecule has 3 rings (SSSR count). The number of carbonyl (C=O) groups is 1. The summed E-state index contributed by atoms with van der Waals surface area (Å²) in [6.45, 7) is 4.29. The van der Waals surface area contributed by atoms with Crippen molar-refractivity contribution >= 4 is 51.9 Å². The van der Waals surface area contributed by atoms with Gasteiger partial charge in [0.05, 0.1) is 3.57 Å².